The van der Waals surface area contributed by atoms with Gasteiger partial charge in [-0.3, -0.25) is 9.59 Å². The quantitative estimate of drug-likeness (QED) is 0.875. The van der Waals surface area contributed by atoms with Crippen molar-refractivity contribution in [1.82, 2.24) is 15.3 Å². The van der Waals surface area contributed by atoms with Gasteiger partial charge in [-0.05, 0) is 25.8 Å². The standard InChI is InChI=1S/C15H18F3N3O3/c1-9-7-10(21-12(20-9)15(16,17)18)11(22)19-8-14(13(23)24)5-3-2-4-6-14/h7H,2-6,8H2,1H3,(H,19,22)(H,23,24). The van der Waals surface area contributed by atoms with Gasteiger partial charge in [-0.15, -0.1) is 0 Å². The summed E-state index contributed by atoms with van der Waals surface area (Å²) in [6, 6.07) is 1.14. The van der Waals surface area contributed by atoms with Gasteiger partial charge in [0, 0.05) is 12.2 Å². The second kappa shape index (κ2) is 6.74. The van der Waals surface area contributed by atoms with E-state index >= 15 is 0 Å². The molecule has 0 aliphatic heterocycles. The highest BCUT2D eigenvalue weighted by Crippen LogP contribution is 2.36. The molecule has 2 rings (SSSR count). The van der Waals surface area contributed by atoms with Gasteiger partial charge in [0.15, 0.2) is 0 Å². The van der Waals surface area contributed by atoms with Crippen molar-refractivity contribution in [3.05, 3.63) is 23.3 Å². The van der Waals surface area contributed by atoms with Crippen molar-refractivity contribution in [3.8, 4) is 0 Å². The predicted octanol–water partition coefficient (Wildman–Crippen LogP) is 2.57. The molecule has 1 saturated carbocycles. The Morgan fingerprint density at radius 3 is 2.42 bits per heavy atom. The number of aromatic nitrogens is 2. The molecule has 0 atom stereocenters. The third kappa shape index (κ3) is 4.01. The first-order valence-corrected chi connectivity index (χ1v) is 7.58. The summed E-state index contributed by atoms with van der Waals surface area (Å²) in [6.07, 6.45) is -1.48. The Hall–Kier alpha value is -2.19. The zero-order valence-corrected chi connectivity index (χ0v) is 13.1. The summed E-state index contributed by atoms with van der Waals surface area (Å²) in [6.45, 7) is 1.19. The molecule has 0 spiro atoms. The van der Waals surface area contributed by atoms with Gasteiger partial charge in [-0.1, -0.05) is 19.3 Å². The van der Waals surface area contributed by atoms with E-state index in [4.69, 9.17) is 0 Å². The number of nitrogens with zero attached hydrogens (tertiary/aromatic N) is 2. The van der Waals surface area contributed by atoms with E-state index in [1.807, 2.05) is 0 Å². The van der Waals surface area contributed by atoms with Crippen LogP contribution in [0.3, 0.4) is 0 Å². The number of hydrogen-bond acceptors (Lipinski definition) is 4. The summed E-state index contributed by atoms with van der Waals surface area (Å²) in [5, 5.41) is 11.9. The Morgan fingerprint density at radius 2 is 1.88 bits per heavy atom. The first-order valence-electron chi connectivity index (χ1n) is 7.58. The van der Waals surface area contributed by atoms with E-state index in [9.17, 15) is 27.9 Å². The van der Waals surface area contributed by atoms with Gasteiger partial charge in [0.2, 0.25) is 5.82 Å². The predicted molar refractivity (Wildman–Crippen MR) is 77.3 cm³/mol. The van der Waals surface area contributed by atoms with E-state index in [1.165, 1.54) is 6.92 Å². The molecule has 1 heterocycles. The number of carbonyl (C=O) groups excluding carboxylic acids is 1. The van der Waals surface area contributed by atoms with Crippen molar-refractivity contribution in [2.24, 2.45) is 5.41 Å². The van der Waals surface area contributed by atoms with Crippen LogP contribution in [0.15, 0.2) is 6.07 Å². The Balaban J connectivity index is 2.15. The molecule has 1 aliphatic rings. The van der Waals surface area contributed by atoms with Crippen molar-refractivity contribution in [3.63, 3.8) is 0 Å². The van der Waals surface area contributed by atoms with Gasteiger partial charge >= 0.3 is 12.1 Å². The Morgan fingerprint density at radius 1 is 1.25 bits per heavy atom. The summed E-state index contributed by atoms with van der Waals surface area (Å²) in [5.41, 5.74) is -1.48. The maximum atomic E-state index is 12.7. The van der Waals surface area contributed by atoms with Crippen LogP contribution < -0.4 is 5.32 Å². The van der Waals surface area contributed by atoms with Crippen molar-refractivity contribution >= 4 is 11.9 Å². The minimum Gasteiger partial charge on any atom is -0.481 e. The molecule has 0 radical (unpaired) electrons. The number of rotatable bonds is 4. The van der Waals surface area contributed by atoms with Crippen LogP contribution in [0.5, 0.6) is 0 Å². The molecule has 0 saturated heterocycles. The molecule has 0 bridgehead atoms. The third-order valence-electron chi connectivity index (χ3n) is 4.19. The zero-order chi connectivity index (χ0) is 18.0. The van der Waals surface area contributed by atoms with Crippen molar-refractivity contribution in [1.29, 1.82) is 0 Å². The van der Waals surface area contributed by atoms with Crippen molar-refractivity contribution in [2.45, 2.75) is 45.2 Å². The summed E-state index contributed by atoms with van der Waals surface area (Å²) >= 11 is 0. The van der Waals surface area contributed by atoms with Crippen LogP contribution >= 0.6 is 0 Å². The number of alkyl halides is 3. The maximum absolute atomic E-state index is 12.7. The number of hydrogen-bond donors (Lipinski definition) is 2. The van der Waals surface area contributed by atoms with E-state index in [0.29, 0.717) is 12.8 Å². The van der Waals surface area contributed by atoms with Crippen molar-refractivity contribution in [2.75, 3.05) is 6.54 Å². The molecule has 6 nitrogen and oxygen atoms in total. The molecule has 132 valence electrons. The van der Waals surface area contributed by atoms with Crippen LogP contribution in [0.2, 0.25) is 0 Å². The summed E-state index contributed by atoms with van der Waals surface area (Å²) in [7, 11) is 0. The second-order valence-corrected chi connectivity index (χ2v) is 6.04. The fraction of sp³-hybridized carbons (Fsp3) is 0.600. The van der Waals surface area contributed by atoms with Crippen LogP contribution in [-0.2, 0) is 11.0 Å². The number of halogens is 3. The average molecular weight is 345 g/mol. The van der Waals surface area contributed by atoms with E-state index in [0.717, 1.165) is 25.3 Å². The lowest BCUT2D eigenvalue weighted by Gasteiger charge is -2.33. The largest absolute Gasteiger partial charge is 0.481 e. The summed E-state index contributed by atoms with van der Waals surface area (Å²) < 4.78 is 38.2. The van der Waals surface area contributed by atoms with Crippen LogP contribution in [-0.4, -0.2) is 33.5 Å². The third-order valence-corrected chi connectivity index (χ3v) is 4.19. The monoisotopic (exact) mass is 345 g/mol. The highest BCUT2D eigenvalue weighted by atomic mass is 19.4. The number of carbonyl (C=O) groups is 2. The average Bonchev–Trinajstić information content (AvgIpc) is 2.52. The molecule has 1 aromatic rings. The minimum atomic E-state index is -4.76. The van der Waals surface area contributed by atoms with Crippen molar-refractivity contribution < 1.29 is 27.9 Å². The molecule has 2 N–H and O–H groups in total. The number of carboxylic acid groups (broad SMARTS) is 1. The molecule has 1 aliphatic carbocycles. The number of aryl methyl sites for hydroxylation is 1. The molecule has 1 amide bonds. The van der Waals surface area contributed by atoms with Crippen LogP contribution in [0.1, 0.15) is 54.1 Å². The van der Waals surface area contributed by atoms with Crippen LogP contribution in [0, 0.1) is 12.3 Å². The number of nitrogens with one attached hydrogen (secondary N) is 1. The highest BCUT2D eigenvalue weighted by molar-refractivity contribution is 5.92. The van der Waals surface area contributed by atoms with Gasteiger partial charge in [0.25, 0.3) is 5.91 Å². The first kappa shape index (κ1) is 18.2. The lowest BCUT2D eigenvalue weighted by atomic mass is 9.74. The normalized spacial score (nSPS) is 17.3. The van der Waals surface area contributed by atoms with Gasteiger partial charge in [0.1, 0.15) is 5.69 Å². The van der Waals surface area contributed by atoms with Gasteiger partial charge in [0.05, 0.1) is 5.41 Å². The van der Waals surface area contributed by atoms with Crippen LogP contribution in [0.25, 0.3) is 0 Å². The fourth-order valence-electron chi connectivity index (χ4n) is 2.85. The van der Waals surface area contributed by atoms with E-state index < -0.39 is 35.0 Å². The summed E-state index contributed by atoms with van der Waals surface area (Å²) in [5.74, 6) is -3.23. The van der Waals surface area contributed by atoms with Gasteiger partial charge in [-0.2, -0.15) is 13.2 Å². The summed E-state index contributed by atoms with van der Waals surface area (Å²) in [4.78, 5) is 30.2. The van der Waals surface area contributed by atoms with Crippen LogP contribution in [0.4, 0.5) is 13.2 Å². The number of aliphatic carboxylic acids is 1. The molecule has 0 unspecified atom stereocenters. The topological polar surface area (TPSA) is 92.2 Å². The number of carboxylic acids is 1. The molecule has 1 fully saturated rings. The Bertz CT molecular complexity index is 641. The van der Waals surface area contributed by atoms with E-state index in [2.05, 4.69) is 15.3 Å². The lowest BCUT2D eigenvalue weighted by molar-refractivity contribution is -0.150. The maximum Gasteiger partial charge on any atom is 0.451 e. The van der Waals surface area contributed by atoms with E-state index in [1.54, 1.807) is 0 Å². The highest BCUT2D eigenvalue weighted by Gasteiger charge is 2.40. The molecule has 24 heavy (non-hydrogen) atoms. The fourth-order valence-corrected chi connectivity index (χ4v) is 2.85. The minimum absolute atomic E-state index is 0.00749. The van der Waals surface area contributed by atoms with E-state index in [-0.39, 0.29) is 12.2 Å². The Kier molecular flexibility index (Phi) is 5.10. The SMILES string of the molecule is Cc1cc(C(=O)NCC2(C(=O)O)CCCCC2)nc(C(F)(F)F)n1. The molecule has 0 aromatic carbocycles. The van der Waals surface area contributed by atoms with Gasteiger partial charge < -0.3 is 10.4 Å². The van der Waals surface area contributed by atoms with Gasteiger partial charge in [-0.25, -0.2) is 9.97 Å². The molecule has 9 heteroatoms. The smallest absolute Gasteiger partial charge is 0.451 e. The lowest BCUT2D eigenvalue weighted by Crippen LogP contribution is -2.44. The molecular formula is C15H18F3N3O3. The molecule has 1 aromatic heterocycles. The Labute approximate surface area is 136 Å². The first-order chi connectivity index (χ1) is 11.1. The second-order valence-electron chi connectivity index (χ2n) is 6.04. The number of amides is 1. The zero-order valence-electron chi connectivity index (χ0n) is 13.1. The molecular weight excluding hydrogens is 327 g/mol.